The van der Waals surface area contributed by atoms with Crippen molar-refractivity contribution in [3.63, 3.8) is 0 Å². The number of hydrogen-bond donors (Lipinski definition) is 1. The highest BCUT2D eigenvalue weighted by molar-refractivity contribution is 6.31. The zero-order chi connectivity index (χ0) is 22.8. The molecule has 1 saturated carbocycles. The Kier molecular flexibility index (Phi) is 5.88. The number of ether oxygens (including phenoxy) is 1. The quantitative estimate of drug-likeness (QED) is 0.533. The van der Waals surface area contributed by atoms with E-state index in [9.17, 15) is 9.59 Å². The van der Waals surface area contributed by atoms with Gasteiger partial charge >= 0.3 is 0 Å². The molecule has 2 amide bonds. The van der Waals surface area contributed by atoms with Gasteiger partial charge in [-0.1, -0.05) is 25.4 Å². The SMILES string of the molecule is Cc1cc(Cl)cc(-c2ncnn3cc(CN4C(=O)C5C(C4=O)C5(C)C)cc23)c1OCCN.Cl. The van der Waals surface area contributed by atoms with Crippen LogP contribution < -0.4 is 10.5 Å². The molecule has 5 rings (SSSR count). The third kappa shape index (κ3) is 3.66. The van der Waals surface area contributed by atoms with Gasteiger partial charge in [0.1, 0.15) is 24.4 Å². The second kappa shape index (κ2) is 8.27. The topological polar surface area (TPSA) is 103 Å². The van der Waals surface area contributed by atoms with Crippen LogP contribution in [0.1, 0.15) is 25.0 Å². The van der Waals surface area contributed by atoms with Crippen molar-refractivity contribution in [2.75, 3.05) is 13.2 Å². The number of imide groups is 1. The van der Waals surface area contributed by atoms with Gasteiger partial charge in [0, 0.05) is 23.3 Å². The van der Waals surface area contributed by atoms with Crippen molar-refractivity contribution in [2.45, 2.75) is 27.3 Å². The number of aromatic nitrogens is 3. The summed E-state index contributed by atoms with van der Waals surface area (Å²) in [5.74, 6) is 0.0950. The Hall–Kier alpha value is -2.68. The Bertz CT molecular complexity index is 1250. The minimum absolute atomic E-state index is 0. The molecule has 174 valence electrons. The third-order valence-corrected chi connectivity index (χ3v) is 6.77. The number of carbonyl (C=O) groups excluding carboxylic acids is 2. The molecule has 1 aliphatic heterocycles. The number of piperidine rings is 1. The van der Waals surface area contributed by atoms with E-state index in [4.69, 9.17) is 22.1 Å². The predicted molar refractivity (Wildman–Crippen MR) is 126 cm³/mol. The number of benzene rings is 1. The molecule has 1 aromatic carbocycles. The summed E-state index contributed by atoms with van der Waals surface area (Å²) < 4.78 is 7.59. The molecule has 2 N–H and O–H groups in total. The second-order valence-corrected chi connectivity index (χ2v) is 9.50. The summed E-state index contributed by atoms with van der Waals surface area (Å²) >= 11 is 6.34. The molecular weight excluding hydrogens is 465 g/mol. The van der Waals surface area contributed by atoms with Gasteiger partial charge in [-0.25, -0.2) is 9.50 Å². The van der Waals surface area contributed by atoms with Gasteiger partial charge < -0.3 is 10.5 Å². The second-order valence-electron chi connectivity index (χ2n) is 9.06. The molecule has 33 heavy (non-hydrogen) atoms. The number of halogens is 2. The average Bonchev–Trinajstić information content (AvgIpc) is 2.99. The molecule has 3 heterocycles. The van der Waals surface area contributed by atoms with E-state index in [1.807, 2.05) is 39.1 Å². The lowest BCUT2D eigenvalue weighted by molar-refractivity contribution is -0.143. The summed E-state index contributed by atoms with van der Waals surface area (Å²) in [5, 5.41) is 4.87. The van der Waals surface area contributed by atoms with E-state index < -0.39 is 0 Å². The Balaban J connectivity index is 0.00000259. The molecule has 2 aliphatic rings. The van der Waals surface area contributed by atoms with Gasteiger partial charge in [-0.3, -0.25) is 14.5 Å². The van der Waals surface area contributed by atoms with E-state index in [-0.39, 0.29) is 48.0 Å². The van der Waals surface area contributed by atoms with Crippen molar-refractivity contribution in [3.8, 4) is 17.0 Å². The van der Waals surface area contributed by atoms with Gasteiger partial charge in [0.2, 0.25) is 11.8 Å². The van der Waals surface area contributed by atoms with E-state index in [2.05, 4.69) is 10.1 Å². The Labute approximate surface area is 202 Å². The molecule has 2 atom stereocenters. The Morgan fingerprint density at radius 2 is 1.88 bits per heavy atom. The van der Waals surface area contributed by atoms with Crippen LogP contribution in [0.5, 0.6) is 5.75 Å². The summed E-state index contributed by atoms with van der Waals surface area (Å²) in [6.45, 7) is 6.82. The van der Waals surface area contributed by atoms with Gasteiger partial charge in [-0.15, -0.1) is 12.4 Å². The molecule has 0 bridgehead atoms. The first-order chi connectivity index (χ1) is 15.2. The van der Waals surface area contributed by atoms with Crippen molar-refractivity contribution in [3.05, 3.63) is 46.9 Å². The van der Waals surface area contributed by atoms with Crippen molar-refractivity contribution in [2.24, 2.45) is 23.0 Å². The van der Waals surface area contributed by atoms with Gasteiger partial charge in [0.25, 0.3) is 0 Å². The van der Waals surface area contributed by atoms with Gasteiger partial charge in [0.15, 0.2) is 0 Å². The maximum Gasteiger partial charge on any atom is 0.233 e. The van der Waals surface area contributed by atoms with Crippen LogP contribution in [0.15, 0.2) is 30.7 Å². The van der Waals surface area contributed by atoms with Crippen LogP contribution in [0.2, 0.25) is 5.02 Å². The molecule has 10 heteroatoms. The highest BCUT2D eigenvalue weighted by atomic mass is 35.5. The molecular formula is C23H25Cl2N5O3. The summed E-state index contributed by atoms with van der Waals surface area (Å²) in [6, 6.07) is 5.53. The lowest BCUT2D eigenvalue weighted by Gasteiger charge is -2.19. The fourth-order valence-corrected chi connectivity index (χ4v) is 5.15. The number of nitrogens with two attached hydrogens (primary N) is 1. The van der Waals surface area contributed by atoms with E-state index in [1.165, 1.54) is 11.2 Å². The number of carbonyl (C=O) groups is 2. The number of aryl methyl sites for hydroxylation is 1. The monoisotopic (exact) mass is 489 g/mol. The molecule has 0 radical (unpaired) electrons. The molecule has 2 aromatic heterocycles. The highest BCUT2D eigenvalue weighted by Gasteiger charge is 2.72. The largest absolute Gasteiger partial charge is 0.491 e. The fourth-order valence-electron chi connectivity index (χ4n) is 4.88. The fraction of sp³-hybridized carbons (Fsp3) is 0.391. The van der Waals surface area contributed by atoms with Crippen LogP contribution in [-0.4, -0.2) is 44.5 Å². The smallest absolute Gasteiger partial charge is 0.233 e. The lowest BCUT2D eigenvalue weighted by atomic mass is 10.0. The standard InChI is InChI=1S/C23H24ClN5O3.ClH/c1-12-6-14(24)8-15(20(12)32-5-4-25)19-16-7-13(10-29(16)27-11-26-19)9-28-21(30)17-18(22(28)31)23(17,2)3;/h6-8,10-11,17-18H,4-5,9,25H2,1-3H3;1H. The Morgan fingerprint density at radius 1 is 1.18 bits per heavy atom. The zero-order valence-corrected chi connectivity index (χ0v) is 20.1. The zero-order valence-electron chi connectivity index (χ0n) is 18.5. The normalized spacial score (nSPS) is 20.7. The van der Waals surface area contributed by atoms with Crippen LogP contribution >= 0.6 is 24.0 Å². The van der Waals surface area contributed by atoms with Crippen LogP contribution in [-0.2, 0) is 16.1 Å². The molecule has 1 aliphatic carbocycles. The first kappa shape index (κ1) is 23.5. The predicted octanol–water partition coefficient (Wildman–Crippen LogP) is 3.26. The number of amides is 2. The summed E-state index contributed by atoms with van der Waals surface area (Å²) in [5.41, 5.74) is 9.19. The maximum atomic E-state index is 12.7. The first-order valence-corrected chi connectivity index (χ1v) is 10.9. The number of likely N-dealkylation sites (tertiary alicyclic amines) is 1. The van der Waals surface area contributed by atoms with Crippen LogP contribution in [0.4, 0.5) is 0 Å². The molecule has 8 nitrogen and oxygen atoms in total. The van der Waals surface area contributed by atoms with E-state index in [0.717, 1.165) is 22.2 Å². The molecule has 2 fully saturated rings. The summed E-state index contributed by atoms with van der Waals surface area (Å²) in [7, 11) is 0. The molecule has 1 saturated heterocycles. The Morgan fingerprint density at radius 3 is 2.55 bits per heavy atom. The number of hydrogen-bond acceptors (Lipinski definition) is 6. The van der Waals surface area contributed by atoms with E-state index in [0.29, 0.717) is 29.6 Å². The van der Waals surface area contributed by atoms with Crippen LogP contribution in [0.3, 0.4) is 0 Å². The van der Waals surface area contributed by atoms with Crippen LogP contribution in [0.25, 0.3) is 16.8 Å². The van der Waals surface area contributed by atoms with E-state index in [1.54, 1.807) is 10.6 Å². The number of nitrogens with zero attached hydrogens (tertiary/aromatic N) is 4. The average molecular weight is 490 g/mol. The van der Waals surface area contributed by atoms with Crippen LogP contribution in [0, 0.1) is 24.2 Å². The van der Waals surface area contributed by atoms with E-state index >= 15 is 0 Å². The maximum absolute atomic E-state index is 12.7. The van der Waals surface area contributed by atoms with Gasteiger partial charge in [0.05, 0.1) is 23.9 Å². The molecule has 0 spiro atoms. The number of rotatable bonds is 6. The molecule has 3 aromatic rings. The highest BCUT2D eigenvalue weighted by Crippen LogP contribution is 2.63. The number of fused-ring (bicyclic) bond motifs is 2. The lowest BCUT2D eigenvalue weighted by Crippen LogP contribution is -2.35. The van der Waals surface area contributed by atoms with Crippen molar-refractivity contribution in [1.29, 1.82) is 0 Å². The minimum Gasteiger partial charge on any atom is -0.491 e. The summed E-state index contributed by atoms with van der Waals surface area (Å²) in [4.78, 5) is 31.3. The van der Waals surface area contributed by atoms with Gasteiger partial charge in [-0.2, -0.15) is 5.10 Å². The van der Waals surface area contributed by atoms with Crippen molar-refractivity contribution in [1.82, 2.24) is 19.5 Å². The van der Waals surface area contributed by atoms with Gasteiger partial charge in [-0.05, 0) is 41.7 Å². The minimum atomic E-state index is -0.223. The third-order valence-electron chi connectivity index (χ3n) is 6.55. The van der Waals surface area contributed by atoms with Crippen molar-refractivity contribution < 1.29 is 14.3 Å². The first-order valence-electron chi connectivity index (χ1n) is 10.5. The van der Waals surface area contributed by atoms with Crippen molar-refractivity contribution >= 4 is 41.3 Å². The summed E-state index contributed by atoms with van der Waals surface area (Å²) in [6.07, 6.45) is 3.27. The molecule has 2 unspecified atom stereocenters.